The molecule has 3 rings (SSSR count). The fraction of sp³-hybridized carbons (Fsp3) is 0. The van der Waals surface area contributed by atoms with Gasteiger partial charge in [0, 0.05) is 11.6 Å². The Labute approximate surface area is 115 Å². The van der Waals surface area contributed by atoms with Gasteiger partial charge in [-0.2, -0.15) is 5.10 Å². The van der Waals surface area contributed by atoms with Crippen LogP contribution in [-0.2, 0) is 0 Å². The predicted molar refractivity (Wildman–Crippen MR) is 78.9 cm³/mol. The first-order chi connectivity index (χ1) is 9.83. The van der Waals surface area contributed by atoms with E-state index in [1.807, 2.05) is 30.3 Å². The molecule has 0 aliphatic rings. The fourth-order valence-electron chi connectivity index (χ4n) is 1.81. The van der Waals surface area contributed by atoms with Gasteiger partial charge in [0.25, 0.3) is 0 Å². The number of hydrogen-bond acceptors (Lipinski definition) is 5. The second-order valence-electron chi connectivity index (χ2n) is 4.17. The summed E-state index contributed by atoms with van der Waals surface area (Å²) in [6.07, 6.45) is 3.31. The molecule has 0 fully saturated rings. The van der Waals surface area contributed by atoms with Gasteiger partial charge in [-0.3, -0.25) is 10.4 Å². The maximum Gasteiger partial charge on any atom is 0.147 e. The topological polar surface area (TPSA) is 70.4 Å². The first-order valence-corrected chi connectivity index (χ1v) is 6.12. The number of fused-ring (bicyclic) bond motifs is 1. The van der Waals surface area contributed by atoms with Gasteiger partial charge in [-0.15, -0.1) is 0 Å². The molecule has 2 N–H and O–H groups in total. The monoisotopic (exact) mass is 264 g/mol. The minimum Gasteiger partial charge on any atom is -0.506 e. The highest BCUT2D eigenvalue weighted by Gasteiger charge is 2.01. The van der Waals surface area contributed by atoms with Gasteiger partial charge in [0.1, 0.15) is 17.1 Å². The standard InChI is InChI=1S/C15H12N4O/c20-13-6-3-4-11-7-8-14(18-15(11)13)19-17-10-12-5-1-2-9-16-12/h1-10,20H,(H,18,19)/b17-10-. The van der Waals surface area contributed by atoms with E-state index >= 15 is 0 Å². The zero-order chi connectivity index (χ0) is 13.8. The quantitative estimate of drug-likeness (QED) is 0.563. The molecule has 0 bridgehead atoms. The van der Waals surface area contributed by atoms with Gasteiger partial charge in [-0.25, -0.2) is 4.98 Å². The van der Waals surface area contributed by atoms with Gasteiger partial charge < -0.3 is 5.11 Å². The molecule has 20 heavy (non-hydrogen) atoms. The summed E-state index contributed by atoms with van der Waals surface area (Å²) in [6.45, 7) is 0. The van der Waals surface area contributed by atoms with Crippen molar-refractivity contribution < 1.29 is 5.11 Å². The van der Waals surface area contributed by atoms with Crippen molar-refractivity contribution in [2.75, 3.05) is 5.43 Å². The number of para-hydroxylation sites is 1. The van der Waals surface area contributed by atoms with Crippen molar-refractivity contribution in [3.63, 3.8) is 0 Å². The zero-order valence-electron chi connectivity index (χ0n) is 10.6. The van der Waals surface area contributed by atoms with Crippen LogP contribution in [0.5, 0.6) is 5.75 Å². The summed E-state index contributed by atoms with van der Waals surface area (Å²) in [7, 11) is 0. The van der Waals surface area contributed by atoms with E-state index in [-0.39, 0.29) is 5.75 Å². The molecule has 0 amide bonds. The van der Waals surface area contributed by atoms with Crippen LogP contribution >= 0.6 is 0 Å². The molecule has 0 saturated heterocycles. The highest BCUT2D eigenvalue weighted by atomic mass is 16.3. The third-order valence-corrected chi connectivity index (χ3v) is 2.76. The second kappa shape index (κ2) is 5.36. The van der Waals surface area contributed by atoms with Crippen molar-refractivity contribution in [1.82, 2.24) is 9.97 Å². The van der Waals surface area contributed by atoms with Gasteiger partial charge in [-0.05, 0) is 30.3 Å². The number of phenolic OH excluding ortho intramolecular Hbond substituents is 1. The number of phenols is 1. The van der Waals surface area contributed by atoms with E-state index in [9.17, 15) is 5.11 Å². The minimum absolute atomic E-state index is 0.153. The predicted octanol–water partition coefficient (Wildman–Crippen LogP) is 2.78. The van der Waals surface area contributed by atoms with Crippen molar-refractivity contribution in [3.05, 3.63) is 60.4 Å². The molecule has 2 heterocycles. The Kier molecular flexibility index (Phi) is 3.24. The smallest absolute Gasteiger partial charge is 0.147 e. The van der Waals surface area contributed by atoms with E-state index in [1.54, 1.807) is 30.6 Å². The summed E-state index contributed by atoms with van der Waals surface area (Å²) in [6, 6.07) is 14.5. The van der Waals surface area contributed by atoms with Crippen molar-refractivity contribution >= 4 is 22.9 Å². The van der Waals surface area contributed by atoms with E-state index in [2.05, 4.69) is 20.5 Å². The summed E-state index contributed by atoms with van der Waals surface area (Å²) < 4.78 is 0. The van der Waals surface area contributed by atoms with Crippen LogP contribution in [0.4, 0.5) is 5.82 Å². The molecular weight excluding hydrogens is 252 g/mol. The Balaban J connectivity index is 1.81. The van der Waals surface area contributed by atoms with Crippen LogP contribution in [0.3, 0.4) is 0 Å². The van der Waals surface area contributed by atoms with E-state index in [0.29, 0.717) is 11.3 Å². The number of anilines is 1. The summed E-state index contributed by atoms with van der Waals surface area (Å²) in [4.78, 5) is 8.43. The van der Waals surface area contributed by atoms with Crippen LogP contribution < -0.4 is 5.43 Å². The Morgan fingerprint density at radius 2 is 2.00 bits per heavy atom. The Bertz CT molecular complexity index is 756. The largest absolute Gasteiger partial charge is 0.506 e. The van der Waals surface area contributed by atoms with Crippen LogP contribution in [0.1, 0.15) is 5.69 Å². The summed E-state index contributed by atoms with van der Waals surface area (Å²) in [5.41, 5.74) is 4.12. The summed E-state index contributed by atoms with van der Waals surface area (Å²) in [5.74, 6) is 0.714. The number of hydrazone groups is 1. The van der Waals surface area contributed by atoms with Crippen molar-refractivity contribution in [3.8, 4) is 5.75 Å². The van der Waals surface area contributed by atoms with Crippen molar-refractivity contribution in [2.24, 2.45) is 5.10 Å². The number of benzene rings is 1. The Morgan fingerprint density at radius 1 is 1.05 bits per heavy atom. The van der Waals surface area contributed by atoms with E-state index in [4.69, 9.17) is 0 Å². The Morgan fingerprint density at radius 3 is 2.85 bits per heavy atom. The lowest BCUT2D eigenvalue weighted by atomic mass is 10.2. The minimum atomic E-state index is 0.153. The molecule has 0 spiro atoms. The van der Waals surface area contributed by atoms with Crippen LogP contribution in [0, 0.1) is 0 Å². The highest BCUT2D eigenvalue weighted by Crippen LogP contribution is 2.23. The van der Waals surface area contributed by atoms with Crippen LogP contribution in [0.2, 0.25) is 0 Å². The van der Waals surface area contributed by atoms with Crippen molar-refractivity contribution in [2.45, 2.75) is 0 Å². The molecular formula is C15H12N4O. The van der Waals surface area contributed by atoms with Gasteiger partial charge in [0.15, 0.2) is 0 Å². The van der Waals surface area contributed by atoms with E-state index < -0.39 is 0 Å². The maximum absolute atomic E-state index is 9.76. The van der Waals surface area contributed by atoms with Crippen LogP contribution in [0.25, 0.3) is 10.9 Å². The molecule has 0 aliphatic carbocycles. The Hall–Kier alpha value is -2.95. The van der Waals surface area contributed by atoms with E-state index in [1.165, 1.54) is 0 Å². The average molecular weight is 264 g/mol. The lowest BCUT2D eigenvalue weighted by Crippen LogP contribution is -1.94. The molecule has 1 aromatic carbocycles. The second-order valence-corrected chi connectivity index (χ2v) is 4.17. The SMILES string of the molecule is Oc1cccc2ccc(N/N=C\c3ccccn3)nc12. The van der Waals surface area contributed by atoms with Gasteiger partial charge in [0.05, 0.1) is 11.9 Å². The molecule has 98 valence electrons. The first kappa shape index (κ1) is 12.1. The average Bonchev–Trinajstić information content (AvgIpc) is 2.49. The molecule has 0 unspecified atom stereocenters. The number of pyridine rings is 2. The number of hydrogen-bond donors (Lipinski definition) is 2. The lowest BCUT2D eigenvalue weighted by molar-refractivity contribution is 0.480. The number of nitrogens with zero attached hydrogens (tertiary/aromatic N) is 3. The number of aromatic hydroxyl groups is 1. The lowest BCUT2D eigenvalue weighted by Gasteiger charge is -2.03. The molecule has 3 aromatic rings. The molecule has 5 heteroatoms. The summed E-state index contributed by atoms with van der Waals surface area (Å²) >= 11 is 0. The van der Waals surface area contributed by atoms with Gasteiger partial charge >= 0.3 is 0 Å². The van der Waals surface area contributed by atoms with Gasteiger partial charge in [-0.1, -0.05) is 18.2 Å². The number of nitrogens with one attached hydrogen (secondary N) is 1. The molecule has 0 aliphatic heterocycles. The van der Waals surface area contributed by atoms with Gasteiger partial charge in [0.2, 0.25) is 0 Å². The van der Waals surface area contributed by atoms with Crippen molar-refractivity contribution in [1.29, 1.82) is 0 Å². The summed E-state index contributed by atoms with van der Waals surface area (Å²) in [5, 5.41) is 14.7. The van der Waals surface area contributed by atoms with Crippen LogP contribution in [-0.4, -0.2) is 21.3 Å². The zero-order valence-corrected chi connectivity index (χ0v) is 10.6. The molecule has 5 nitrogen and oxygen atoms in total. The fourth-order valence-corrected chi connectivity index (χ4v) is 1.81. The molecule has 2 aromatic heterocycles. The highest BCUT2D eigenvalue weighted by molar-refractivity contribution is 5.85. The van der Waals surface area contributed by atoms with E-state index in [0.717, 1.165) is 11.1 Å². The number of aromatic nitrogens is 2. The maximum atomic E-state index is 9.76. The number of rotatable bonds is 3. The third kappa shape index (κ3) is 2.56. The molecule has 0 atom stereocenters. The normalized spacial score (nSPS) is 11.0. The van der Waals surface area contributed by atoms with Crippen LogP contribution in [0.15, 0.2) is 59.8 Å². The molecule has 0 radical (unpaired) electrons. The molecule has 0 saturated carbocycles. The third-order valence-electron chi connectivity index (χ3n) is 2.76. The first-order valence-electron chi connectivity index (χ1n) is 6.12.